The van der Waals surface area contributed by atoms with Crippen LogP contribution in [0.2, 0.25) is 0 Å². The average Bonchev–Trinajstić information content (AvgIpc) is 2.67. The molecule has 0 radical (unpaired) electrons. The van der Waals surface area contributed by atoms with Gasteiger partial charge in [0.05, 0.1) is 19.8 Å². The first-order valence-corrected chi connectivity index (χ1v) is 5.05. The summed E-state index contributed by atoms with van der Waals surface area (Å²) in [4.78, 5) is 4.18. The number of aromatic nitrogens is 2. The predicted octanol–water partition coefficient (Wildman–Crippen LogP) is 0.978. The second-order valence-corrected chi connectivity index (χ2v) is 3.69. The summed E-state index contributed by atoms with van der Waals surface area (Å²) in [5.74, 6) is 0.540. The standard InChI is InChI=1S/C9H15N3O3/c1-6(2)10-9-11-8(12-15-9)7-5-13-3-4-14-7/h6-7H,3-5H2,1-2H3,(H,10,11,12). The molecule has 1 atom stereocenters. The molecular weight excluding hydrogens is 198 g/mol. The molecule has 84 valence electrons. The van der Waals surface area contributed by atoms with Crippen LogP contribution in [0, 0.1) is 0 Å². The topological polar surface area (TPSA) is 69.4 Å². The van der Waals surface area contributed by atoms with Gasteiger partial charge in [-0.3, -0.25) is 0 Å². The van der Waals surface area contributed by atoms with Gasteiger partial charge in [-0.15, -0.1) is 0 Å². The van der Waals surface area contributed by atoms with Crippen molar-refractivity contribution in [3.63, 3.8) is 0 Å². The van der Waals surface area contributed by atoms with Crippen molar-refractivity contribution < 1.29 is 14.0 Å². The van der Waals surface area contributed by atoms with E-state index in [0.29, 0.717) is 31.7 Å². The molecule has 1 saturated heterocycles. The molecule has 2 heterocycles. The predicted molar refractivity (Wildman–Crippen MR) is 52.6 cm³/mol. The smallest absolute Gasteiger partial charge is 0.321 e. The molecule has 1 fully saturated rings. The second-order valence-electron chi connectivity index (χ2n) is 3.69. The van der Waals surface area contributed by atoms with Crippen LogP contribution in [0.25, 0.3) is 0 Å². The second kappa shape index (κ2) is 4.59. The number of ether oxygens (including phenoxy) is 2. The molecule has 1 aromatic heterocycles. The van der Waals surface area contributed by atoms with Gasteiger partial charge in [0, 0.05) is 6.04 Å². The largest absolute Gasteiger partial charge is 0.376 e. The zero-order chi connectivity index (χ0) is 10.7. The van der Waals surface area contributed by atoms with Crippen LogP contribution in [0.1, 0.15) is 25.8 Å². The van der Waals surface area contributed by atoms with Crippen LogP contribution in [0.15, 0.2) is 4.52 Å². The lowest BCUT2D eigenvalue weighted by molar-refractivity contribution is -0.0941. The number of nitrogens with zero attached hydrogens (tertiary/aromatic N) is 2. The van der Waals surface area contributed by atoms with Gasteiger partial charge < -0.3 is 19.3 Å². The van der Waals surface area contributed by atoms with E-state index < -0.39 is 0 Å². The molecule has 2 rings (SSSR count). The molecule has 0 amide bonds. The molecule has 0 spiro atoms. The summed E-state index contributed by atoms with van der Waals surface area (Å²) in [6.07, 6.45) is -0.204. The fourth-order valence-corrected chi connectivity index (χ4v) is 1.31. The van der Waals surface area contributed by atoms with Gasteiger partial charge in [-0.25, -0.2) is 0 Å². The van der Waals surface area contributed by atoms with E-state index in [-0.39, 0.29) is 12.1 Å². The fraction of sp³-hybridized carbons (Fsp3) is 0.778. The Balaban J connectivity index is 1.99. The Morgan fingerprint density at radius 1 is 1.40 bits per heavy atom. The molecule has 6 heteroatoms. The monoisotopic (exact) mass is 213 g/mol. The molecule has 1 aliphatic rings. The highest BCUT2D eigenvalue weighted by molar-refractivity contribution is 5.20. The zero-order valence-electron chi connectivity index (χ0n) is 8.90. The summed E-state index contributed by atoms with van der Waals surface area (Å²) in [6, 6.07) is 0.691. The van der Waals surface area contributed by atoms with Crippen LogP contribution in [-0.2, 0) is 9.47 Å². The van der Waals surface area contributed by atoms with Crippen molar-refractivity contribution >= 4 is 6.01 Å². The van der Waals surface area contributed by atoms with Gasteiger partial charge in [0.25, 0.3) is 0 Å². The first kappa shape index (κ1) is 10.4. The fourth-order valence-electron chi connectivity index (χ4n) is 1.31. The van der Waals surface area contributed by atoms with Gasteiger partial charge in [-0.2, -0.15) is 4.98 Å². The summed E-state index contributed by atoms with van der Waals surface area (Å²) in [5.41, 5.74) is 0. The van der Waals surface area contributed by atoms with E-state index in [9.17, 15) is 0 Å². The van der Waals surface area contributed by atoms with Crippen molar-refractivity contribution in [1.82, 2.24) is 10.1 Å². The molecule has 1 unspecified atom stereocenters. The lowest BCUT2D eigenvalue weighted by Gasteiger charge is -2.19. The maximum absolute atomic E-state index is 5.44. The highest BCUT2D eigenvalue weighted by atomic mass is 16.6. The van der Waals surface area contributed by atoms with Gasteiger partial charge in [0.1, 0.15) is 6.10 Å². The van der Waals surface area contributed by atoms with Crippen LogP contribution in [0.4, 0.5) is 6.01 Å². The van der Waals surface area contributed by atoms with Gasteiger partial charge in [-0.1, -0.05) is 5.16 Å². The normalized spacial score (nSPS) is 21.9. The lowest BCUT2D eigenvalue weighted by Crippen LogP contribution is -2.22. The van der Waals surface area contributed by atoms with Crippen molar-refractivity contribution in [2.24, 2.45) is 0 Å². The Bertz CT molecular complexity index is 307. The van der Waals surface area contributed by atoms with E-state index in [1.807, 2.05) is 13.8 Å². The van der Waals surface area contributed by atoms with E-state index in [0.717, 1.165) is 0 Å². The number of anilines is 1. The summed E-state index contributed by atoms with van der Waals surface area (Å²) in [6.45, 7) is 5.70. The Kier molecular flexibility index (Phi) is 3.17. The quantitative estimate of drug-likeness (QED) is 0.807. The first-order chi connectivity index (χ1) is 7.25. The Hall–Kier alpha value is -1.14. The highest BCUT2D eigenvalue weighted by Gasteiger charge is 2.22. The van der Waals surface area contributed by atoms with E-state index >= 15 is 0 Å². The minimum atomic E-state index is -0.204. The van der Waals surface area contributed by atoms with Crippen LogP contribution in [-0.4, -0.2) is 36.0 Å². The maximum atomic E-state index is 5.44. The third kappa shape index (κ3) is 2.66. The molecule has 15 heavy (non-hydrogen) atoms. The lowest BCUT2D eigenvalue weighted by atomic mass is 10.3. The van der Waals surface area contributed by atoms with Crippen molar-refractivity contribution in [2.45, 2.75) is 26.0 Å². The molecule has 0 aromatic carbocycles. The highest BCUT2D eigenvalue weighted by Crippen LogP contribution is 2.19. The molecule has 6 nitrogen and oxygen atoms in total. The van der Waals surface area contributed by atoms with Crippen molar-refractivity contribution in [3.8, 4) is 0 Å². The average molecular weight is 213 g/mol. The van der Waals surface area contributed by atoms with Crippen molar-refractivity contribution in [2.75, 3.05) is 25.1 Å². The van der Waals surface area contributed by atoms with Gasteiger partial charge >= 0.3 is 6.01 Å². The summed E-state index contributed by atoms with van der Waals surface area (Å²) in [7, 11) is 0. The molecule has 0 saturated carbocycles. The number of hydrogen-bond donors (Lipinski definition) is 1. The SMILES string of the molecule is CC(C)Nc1nc(C2COCCO2)no1. The van der Waals surface area contributed by atoms with E-state index in [2.05, 4.69) is 15.5 Å². The van der Waals surface area contributed by atoms with Crippen LogP contribution in [0.5, 0.6) is 0 Å². The molecule has 1 aliphatic heterocycles. The zero-order valence-corrected chi connectivity index (χ0v) is 8.90. The van der Waals surface area contributed by atoms with Crippen LogP contribution >= 0.6 is 0 Å². The Morgan fingerprint density at radius 2 is 2.27 bits per heavy atom. The molecular formula is C9H15N3O3. The Labute approximate surface area is 87.9 Å². The third-order valence-corrected chi connectivity index (χ3v) is 1.96. The molecule has 0 bridgehead atoms. The van der Waals surface area contributed by atoms with E-state index in [1.165, 1.54) is 0 Å². The van der Waals surface area contributed by atoms with Gasteiger partial charge in [-0.05, 0) is 13.8 Å². The molecule has 1 aromatic rings. The van der Waals surface area contributed by atoms with E-state index in [1.54, 1.807) is 0 Å². The number of hydrogen-bond acceptors (Lipinski definition) is 6. The van der Waals surface area contributed by atoms with E-state index in [4.69, 9.17) is 14.0 Å². The van der Waals surface area contributed by atoms with Crippen LogP contribution in [0.3, 0.4) is 0 Å². The third-order valence-electron chi connectivity index (χ3n) is 1.96. The maximum Gasteiger partial charge on any atom is 0.321 e. The van der Waals surface area contributed by atoms with Gasteiger partial charge in [0.15, 0.2) is 0 Å². The first-order valence-electron chi connectivity index (χ1n) is 5.05. The van der Waals surface area contributed by atoms with Crippen LogP contribution < -0.4 is 5.32 Å². The van der Waals surface area contributed by atoms with Crippen molar-refractivity contribution in [1.29, 1.82) is 0 Å². The summed E-state index contributed by atoms with van der Waals surface area (Å²) in [5, 5.41) is 6.87. The summed E-state index contributed by atoms with van der Waals surface area (Å²) < 4.78 is 15.7. The van der Waals surface area contributed by atoms with Crippen molar-refractivity contribution in [3.05, 3.63) is 5.82 Å². The Morgan fingerprint density at radius 3 is 2.93 bits per heavy atom. The van der Waals surface area contributed by atoms with Gasteiger partial charge in [0.2, 0.25) is 5.82 Å². The number of rotatable bonds is 3. The molecule has 1 N–H and O–H groups in total. The number of nitrogens with one attached hydrogen (secondary N) is 1. The summed E-state index contributed by atoms with van der Waals surface area (Å²) >= 11 is 0. The minimum Gasteiger partial charge on any atom is -0.376 e. The minimum absolute atomic E-state index is 0.204. The molecule has 0 aliphatic carbocycles.